The Morgan fingerprint density at radius 1 is 1.33 bits per heavy atom. The largest absolute Gasteiger partial charge is 0.357 e. The van der Waals surface area contributed by atoms with Crippen molar-refractivity contribution in [1.29, 1.82) is 0 Å². The summed E-state index contributed by atoms with van der Waals surface area (Å²) in [7, 11) is 0. The van der Waals surface area contributed by atoms with E-state index < -0.39 is 0 Å². The molecule has 0 unspecified atom stereocenters. The summed E-state index contributed by atoms with van der Waals surface area (Å²) in [5.41, 5.74) is 1.88. The Bertz CT molecular complexity index is 686. The van der Waals surface area contributed by atoms with Gasteiger partial charge in [-0.2, -0.15) is 0 Å². The lowest BCUT2D eigenvalue weighted by molar-refractivity contribution is 0.625. The van der Waals surface area contributed by atoms with Gasteiger partial charge in [-0.1, -0.05) is 15.9 Å². The number of rotatable bonds is 5. The molecule has 0 saturated heterocycles. The van der Waals surface area contributed by atoms with E-state index in [0.29, 0.717) is 19.0 Å². The number of hydrogen-bond donors (Lipinski definition) is 2. The molecule has 0 saturated carbocycles. The van der Waals surface area contributed by atoms with Crippen molar-refractivity contribution >= 4 is 57.2 Å². The molecule has 0 atom stereocenters. The number of guanidine groups is 1. The van der Waals surface area contributed by atoms with Crippen molar-refractivity contribution in [3.05, 3.63) is 49.6 Å². The van der Waals surface area contributed by atoms with Gasteiger partial charge in [0, 0.05) is 15.9 Å². The van der Waals surface area contributed by atoms with Crippen LogP contribution in [0.25, 0.3) is 0 Å². The number of hydrogen-bond acceptors (Lipinski definition) is 3. The molecule has 2 rings (SSSR count). The molecular weight excluding hydrogens is 506 g/mol. The molecule has 0 radical (unpaired) electrons. The maximum atomic E-state index is 13.3. The van der Waals surface area contributed by atoms with Gasteiger partial charge < -0.3 is 10.6 Å². The molecule has 4 nitrogen and oxygen atoms in total. The molecule has 24 heavy (non-hydrogen) atoms. The fourth-order valence-electron chi connectivity index (χ4n) is 1.94. The van der Waals surface area contributed by atoms with Gasteiger partial charge in [-0.3, -0.25) is 0 Å². The monoisotopic (exact) mass is 526 g/mol. The standard InChI is InChI=1S/C16H20BrFN4S.HI/c1-4-19-16(21-9-15-22-10(2)11(3)23-15)20-8-12-7-13(18)5-6-14(12)17;/h5-7H,4,8-9H2,1-3H3,(H2,19,20,21);1H. The predicted molar refractivity (Wildman–Crippen MR) is 113 cm³/mol. The second kappa shape index (κ2) is 10.3. The predicted octanol–water partition coefficient (Wildman–Crippen LogP) is 4.53. The highest BCUT2D eigenvalue weighted by molar-refractivity contribution is 14.0. The first-order valence-electron chi connectivity index (χ1n) is 7.38. The molecule has 0 fully saturated rings. The summed E-state index contributed by atoms with van der Waals surface area (Å²) in [5, 5.41) is 7.47. The van der Waals surface area contributed by atoms with Crippen molar-refractivity contribution in [2.24, 2.45) is 4.99 Å². The Kier molecular flexibility index (Phi) is 9.14. The molecule has 1 heterocycles. The minimum absolute atomic E-state index is 0. The van der Waals surface area contributed by atoms with E-state index in [4.69, 9.17) is 0 Å². The lowest BCUT2D eigenvalue weighted by Crippen LogP contribution is -2.36. The van der Waals surface area contributed by atoms with Crippen LogP contribution >= 0.6 is 51.2 Å². The molecule has 0 bridgehead atoms. The smallest absolute Gasteiger partial charge is 0.191 e. The summed E-state index contributed by atoms with van der Waals surface area (Å²) in [4.78, 5) is 10.2. The second-order valence-corrected chi connectivity index (χ2v) is 7.18. The average Bonchev–Trinajstić information content (AvgIpc) is 2.84. The van der Waals surface area contributed by atoms with Gasteiger partial charge in [0.15, 0.2) is 5.96 Å². The van der Waals surface area contributed by atoms with E-state index in [1.807, 2.05) is 13.8 Å². The van der Waals surface area contributed by atoms with Gasteiger partial charge in [0.1, 0.15) is 10.8 Å². The Morgan fingerprint density at radius 3 is 2.71 bits per heavy atom. The minimum Gasteiger partial charge on any atom is -0.357 e. The van der Waals surface area contributed by atoms with Crippen molar-refractivity contribution < 1.29 is 4.39 Å². The zero-order valence-corrected chi connectivity index (χ0v) is 18.6. The van der Waals surface area contributed by atoms with Gasteiger partial charge in [0.05, 0.1) is 18.8 Å². The number of aromatic nitrogens is 1. The highest BCUT2D eigenvalue weighted by atomic mass is 127. The topological polar surface area (TPSA) is 49.3 Å². The van der Waals surface area contributed by atoms with E-state index in [-0.39, 0.29) is 29.8 Å². The van der Waals surface area contributed by atoms with Crippen molar-refractivity contribution in [3.8, 4) is 0 Å². The van der Waals surface area contributed by atoms with Gasteiger partial charge >= 0.3 is 0 Å². The number of halogens is 3. The van der Waals surface area contributed by atoms with Gasteiger partial charge in [0.2, 0.25) is 0 Å². The van der Waals surface area contributed by atoms with Crippen molar-refractivity contribution in [1.82, 2.24) is 15.6 Å². The van der Waals surface area contributed by atoms with Crippen LogP contribution in [0.5, 0.6) is 0 Å². The lowest BCUT2D eigenvalue weighted by Gasteiger charge is -2.10. The first-order chi connectivity index (χ1) is 11.0. The summed E-state index contributed by atoms with van der Waals surface area (Å²) < 4.78 is 14.2. The Hall–Kier alpha value is -0.740. The molecule has 132 valence electrons. The van der Waals surface area contributed by atoms with Crippen molar-refractivity contribution in [3.63, 3.8) is 0 Å². The van der Waals surface area contributed by atoms with E-state index >= 15 is 0 Å². The van der Waals surface area contributed by atoms with Crippen LogP contribution in [-0.4, -0.2) is 17.5 Å². The second-order valence-electron chi connectivity index (χ2n) is 5.03. The summed E-state index contributed by atoms with van der Waals surface area (Å²) in [6.45, 7) is 7.85. The molecule has 1 aromatic heterocycles. The molecule has 0 spiro atoms. The van der Waals surface area contributed by atoms with Crippen LogP contribution in [0.1, 0.15) is 28.1 Å². The normalized spacial score (nSPS) is 11.1. The average molecular weight is 527 g/mol. The molecular formula is C16H21BrFIN4S. The molecule has 0 aliphatic heterocycles. The third-order valence-corrected chi connectivity index (χ3v) is 5.09. The number of benzene rings is 1. The quantitative estimate of drug-likeness (QED) is 0.342. The molecule has 0 aliphatic rings. The summed E-state index contributed by atoms with van der Waals surface area (Å²) >= 11 is 5.10. The third kappa shape index (κ3) is 6.29. The van der Waals surface area contributed by atoms with Crippen LogP contribution in [-0.2, 0) is 13.1 Å². The summed E-state index contributed by atoms with van der Waals surface area (Å²) in [6, 6.07) is 4.61. The SMILES string of the molecule is CCNC(=NCc1cc(F)ccc1Br)NCc1nc(C)c(C)s1.I. The molecule has 2 aromatic rings. The zero-order chi connectivity index (χ0) is 16.8. The van der Waals surface area contributed by atoms with Crippen LogP contribution in [0, 0.1) is 19.7 Å². The number of nitrogens with one attached hydrogen (secondary N) is 2. The maximum Gasteiger partial charge on any atom is 0.191 e. The number of aryl methyl sites for hydroxylation is 2. The van der Waals surface area contributed by atoms with E-state index in [1.165, 1.54) is 17.0 Å². The molecule has 0 amide bonds. The van der Waals surface area contributed by atoms with Crippen LogP contribution in [0.15, 0.2) is 27.7 Å². The highest BCUT2D eigenvalue weighted by Crippen LogP contribution is 2.19. The fraction of sp³-hybridized carbons (Fsp3) is 0.375. The molecule has 2 N–H and O–H groups in total. The van der Waals surface area contributed by atoms with E-state index in [2.05, 4.69) is 43.5 Å². The highest BCUT2D eigenvalue weighted by Gasteiger charge is 2.06. The molecule has 1 aromatic carbocycles. The number of thiazole rings is 1. The Labute approximate surface area is 171 Å². The van der Waals surface area contributed by atoms with Crippen LogP contribution in [0.4, 0.5) is 4.39 Å². The minimum atomic E-state index is -0.259. The molecule has 8 heteroatoms. The Balaban J connectivity index is 0.00000288. The number of nitrogens with zero attached hydrogens (tertiary/aromatic N) is 2. The van der Waals surface area contributed by atoms with Crippen molar-refractivity contribution in [2.45, 2.75) is 33.9 Å². The van der Waals surface area contributed by atoms with Gasteiger partial charge in [-0.05, 0) is 44.5 Å². The van der Waals surface area contributed by atoms with E-state index in [1.54, 1.807) is 17.4 Å². The van der Waals surface area contributed by atoms with E-state index in [0.717, 1.165) is 27.3 Å². The van der Waals surface area contributed by atoms with Crippen LogP contribution in [0.3, 0.4) is 0 Å². The lowest BCUT2D eigenvalue weighted by atomic mass is 10.2. The summed E-state index contributed by atoms with van der Waals surface area (Å²) in [6.07, 6.45) is 0. The Morgan fingerprint density at radius 2 is 2.08 bits per heavy atom. The van der Waals surface area contributed by atoms with Crippen LogP contribution < -0.4 is 10.6 Å². The summed E-state index contributed by atoms with van der Waals surface area (Å²) in [5.74, 6) is 0.430. The van der Waals surface area contributed by atoms with Crippen LogP contribution in [0.2, 0.25) is 0 Å². The fourth-order valence-corrected chi connectivity index (χ4v) is 3.19. The van der Waals surface area contributed by atoms with Gasteiger partial charge in [-0.15, -0.1) is 35.3 Å². The zero-order valence-electron chi connectivity index (χ0n) is 13.8. The first kappa shape index (κ1) is 21.3. The van der Waals surface area contributed by atoms with Crippen molar-refractivity contribution in [2.75, 3.05) is 6.54 Å². The van der Waals surface area contributed by atoms with Gasteiger partial charge in [-0.25, -0.2) is 14.4 Å². The first-order valence-corrected chi connectivity index (χ1v) is 8.99. The number of aliphatic imine (C=N–C) groups is 1. The third-order valence-electron chi connectivity index (χ3n) is 3.24. The maximum absolute atomic E-state index is 13.3. The van der Waals surface area contributed by atoms with E-state index in [9.17, 15) is 4.39 Å². The molecule has 0 aliphatic carbocycles. The van der Waals surface area contributed by atoms with Gasteiger partial charge in [0.25, 0.3) is 0 Å².